The van der Waals surface area contributed by atoms with Crippen molar-refractivity contribution in [2.75, 3.05) is 6.54 Å². The molecule has 1 aromatic carbocycles. The number of nitrogens with zero attached hydrogens (tertiary/aromatic N) is 1. The maximum Gasteiger partial charge on any atom is 0.191 e. The van der Waals surface area contributed by atoms with E-state index in [-0.39, 0.29) is 5.41 Å². The Bertz CT molecular complexity index is 390. The zero-order valence-corrected chi connectivity index (χ0v) is 10.8. The van der Waals surface area contributed by atoms with E-state index in [1.165, 1.54) is 5.56 Å². The van der Waals surface area contributed by atoms with Gasteiger partial charge >= 0.3 is 0 Å². The standard InChI is InChI=1S/C14H21N3/c1-14(2,3)12-10-16-13(17-12)15-9-11-7-5-4-6-8-11/h4-8,12H,9-10H2,1-3H3,(H2,15,16,17). The Hall–Kier alpha value is -1.51. The van der Waals surface area contributed by atoms with Crippen LogP contribution in [0.25, 0.3) is 0 Å². The van der Waals surface area contributed by atoms with Gasteiger partial charge in [-0.15, -0.1) is 0 Å². The highest BCUT2D eigenvalue weighted by atomic mass is 15.2. The summed E-state index contributed by atoms with van der Waals surface area (Å²) < 4.78 is 0. The van der Waals surface area contributed by atoms with Gasteiger partial charge in [0.25, 0.3) is 0 Å². The summed E-state index contributed by atoms with van der Waals surface area (Å²) in [7, 11) is 0. The minimum absolute atomic E-state index is 0.250. The van der Waals surface area contributed by atoms with Crippen LogP contribution in [0, 0.1) is 5.41 Å². The maximum atomic E-state index is 4.49. The lowest BCUT2D eigenvalue weighted by Crippen LogP contribution is -2.44. The molecule has 0 bridgehead atoms. The summed E-state index contributed by atoms with van der Waals surface area (Å²) in [5.74, 6) is 0.925. The van der Waals surface area contributed by atoms with Gasteiger partial charge in [0.1, 0.15) is 0 Å². The second-order valence-corrected chi connectivity index (χ2v) is 5.59. The zero-order chi connectivity index (χ0) is 12.3. The third-order valence-corrected chi connectivity index (χ3v) is 3.09. The van der Waals surface area contributed by atoms with Gasteiger partial charge in [0.05, 0.1) is 12.6 Å². The van der Waals surface area contributed by atoms with E-state index in [4.69, 9.17) is 0 Å². The Labute approximate surface area is 103 Å². The van der Waals surface area contributed by atoms with Crippen LogP contribution >= 0.6 is 0 Å². The molecule has 92 valence electrons. The van der Waals surface area contributed by atoms with E-state index >= 15 is 0 Å². The number of rotatable bonds is 2. The van der Waals surface area contributed by atoms with Crippen LogP contribution in [0.5, 0.6) is 0 Å². The monoisotopic (exact) mass is 231 g/mol. The van der Waals surface area contributed by atoms with Gasteiger partial charge in [-0.3, -0.25) is 4.99 Å². The van der Waals surface area contributed by atoms with Crippen LogP contribution in [0.2, 0.25) is 0 Å². The lowest BCUT2D eigenvalue weighted by Gasteiger charge is -2.26. The van der Waals surface area contributed by atoms with Crippen LogP contribution in [-0.2, 0) is 6.54 Å². The third-order valence-electron chi connectivity index (χ3n) is 3.09. The number of benzene rings is 1. The molecular formula is C14H21N3. The molecule has 0 fully saturated rings. The third kappa shape index (κ3) is 3.22. The van der Waals surface area contributed by atoms with Crippen LogP contribution in [0.4, 0.5) is 0 Å². The quantitative estimate of drug-likeness (QED) is 0.818. The van der Waals surface area contributed by atoms with Gasteiger partial charge in [0.2, 0.25) is 0 Å². The molecule has 0 saturated carbocycles. The molecule has 1 heterocycles. The minimum Gasteiger partial charge on any atom is -0.352 e. The van der Waals surface area contributed by atoms with Crippen LogP contribution in [-0.4, -0.2) is 18.5 Å². The van der Waals surface area contributed by atoms with Crippen LogP contribution in [0.1, 0.15) is 26.3 Å². The van der Waals surface area contributed by atoms with E-state index in [0.717, 1.165) is 19.0 Å². The molecule has 1 atom stereocenters. The largest absolute Gasteiger partial charge is 0.352 e. The van der Waals surface area contributed by atoms with Crippen molar-refractivity contribution >= 4 is 5.96 Å². The predicted octanol–water partition coefficient (Wildman–Crippen LogP) is 2.15. The van der Waals surface area contributed by atoms with Gasteiger partial charge in [-0.1, -0.05) is 51.1 Å². The Morgan fingerprint density at radius 2 is 2.00 bits per heavy atom. The highest BCUT2D eigenvalue weighted by Gasteiger charge is 2.28. The molecule has 0 aromatic heterocycles. The van der Waals surface area contributed by atoms with E-state index < -0.39 is 0 Å². The fourth-order valence-electron chi connectivity index (χ4n) is 1.82. The smallest absolute Gasteiger partial charge is 0.191 e. The lowest BCUT2D eigenvalue weighted by molar-refractivity contribution is 0.313. The maximum absolute atomic E-state index is 4.49. The summed E-state index contributed by atoms with van der Waals surface area (Å²) in [5.41, 5.74) is 1.52. The molecular weight excluding hydrogens is 210 g/mol. The lowest BCUT2D eigenvalue weighted by atomic mass is 9.87. The molecule has 3 heteroatoms. The van der Waals surface area contributed by atoms with Crippen LogP contribution in [0.15, 0.2) is 35.3 Å². The van der Waals surface area contributed by atoms with Gasteiger partial charge in [-0.25, -0.2) is 0 Å². The van der Waals surface area contributed by atoms with Crippen molar-refractivity contribution in [3.63, 3.8) is 0 Å². The molecule has 0 spiro atoms. The number of nitrogens with one attached hydrogen (secondary N) is 2. The van der Waals surface area contributed by atoms with E-state index in [2.05, 4.69) is 60.7 Å². The Kier molecular flexibility index (Phi) is 3.36. The number of guanidine groups is 1. The molecule has 1 aliphatic rings. The molecule has 0 amide bonds. The molecule has 3 nitrogen and oxygen atoms in total. The Balaban J connectivity index is 1.83. The second-order valence-electron chi connectivity index (χ2n) is 5.59. The predicted molar refractivity (Wildman–Crippen MR) is 72.0 cm³/mol. The van der Waals surface area contributed by atoms with E-state index in [1.54, 1.807) is 0 Å². The van der Waals surface area contributed by atoms with Gasteiger partial charge in [-0.2, -0.15) is 0 Å². The first-order chi connectivity index (χ1) is 8.05. The second kappa shape index (κ2) is 4.78. The molecule has 17 heavy (non-hydrogen) atoms. The average Bonchev–Trinajstić information content (AvgIpc) is 2.76. The Morgan fingerprint density at radius 1 is 1.29 bits per heavy atom. The number of aliphatic imine (C=N–C) groups is 1. The van der Waals surface area contributed by atoms with Crippen LogP contribution in [0.3, 0.4) is 0 Å². The summed E-state index contributed by atoms with van der Waals surface area (Å²) in [6.45, 7) is 8.39. The molecule has 1 aromatic rings. The molecule has 1 aliphatic heterocycles. The summed E-state index contributed by atoms with van der Waals surface area (Å²) in [6.07, 6.45) is 0. The van der Waals surface area contributed by atoms with Gasteiger partial charge in [0.15, 0.2) is 5.96 Å². The Morgan fingerprint density at radius 3 is 2.59 bits per heavy atom. The SMILES string of the molecule is CC(C)(C)C1CN=C(NCc2ccccc2)N1. The van der Waals surface area contributed by atoms with Crippen molar-refractivity contribution in [2.45, 2.75) is 33.4 Å². The summed E-state index contributed by atoms with van der Waals surface area (Å²) in [6, 6.07) is 10.8. The summed E-state index contributed by atoms with van der Waals surface area (Å²) in [4.78, 5) is 4.49. The highest BCUT2D eigenvalue weighted by Crippen LogP contribution is 2.21. The van der Waals surface area contributed by atoms with E-state index in [0.29, 0.717) is 6.04 Å². The molecule has 2 rings (SSSR count). The molecule has 2 N–H and O–H groups in total. The van der Waals surface area contributed by atoms with Crippen molar-refractivity contribution in [1.82, 2.24) is 10.6 Å². The van der Waals surface area contributed by atoms with Gasteiger partial charge < -0.3 is 10.6 Å². The topological polar surface area (TPSA) is 36.4 Å². The highest BCUT2D eigenvalue weighted by molar-refractivity contribution is 5.81. The normalized spacial score (nSPS) is 19.7. The van der Waals surface area contributed by atoms with Gasteiger partial charge in [-0.05, 0) is 11.0 Å². The van der Waals surface area contributed by atoms with Crippen molar-refractivity contribution in [2.24, 2.45) is 10.4 Å². The van der Waals surface area contributed by atoms with E-state index in [9.17, 15) is 0 Å². The van der Waals surface area contributed by atoms with Gasteiger partial charge in [0, 0.05) is 6.54 Å². The number of hydrogen-bond acceptors (Lipinski definition) is 3. The zero-order valence-electron chi connectivity index (χ0n) is 10.8. The fourth-order valence-corrected chi connectivity index (χ4v) is 1.82. The molecule has 0 radical (unpaired) electrons. The van der Waals surface area contributed by atoms with E-state index in [1.807, 2.05) is 6.07 Å². The molecule has 0 saturated heterocycles. The number of hydrogen-bond donors (Lipinski definition) is 2. The first-order valence-corrected chi connectivity index (χ1v) is 6.14. The molecule has 0 aliphatic carbocycles. The van der Waals surface area contributed by atoms with Crippen LogP contribution < -0.4 is 10.6 Å². The first-order valence-electron chi connectivity index (χ1n) is 6.14. The van der Waals surface area contributed by atoms with Crippen molar-refractivity contribution in [3.8, 4) is 0 Å². The summed E-state index contributed by atoms with van der Waals surface area (Å²) in [5, 5.41) is 6.78. The van der Waals surface area contributed by atoms with Crippen molar-refractivity contribution in [3.05, 3.63) is 35.9 Å². The average molecular weight is 231 g/mol. The summed E-state index contributed by atoms with van der Waals surface area (Å²) >= 11 is 0. The fraction of sp³-hybridized carbons (Fsp3) is 0.500. The van der Waals surface area contributed by atoms with Crippen molar-refractivity contribution < 1.29 is 0 Å². The van der Waals surface area contributed by atoms with Crippen molar-refractivity contribution in [1.29, 1.82) is 0 Å². The molecule has 1 unspecified atom stereocenters. The first kappa shape index (κ1) is 12.0. The minimum atomic E-state index is 0.250.